The Morgan fingerprint density at radius 1 is 1.14 bits per heavy atom. The number of rotatable bonds is 7. The van der Waals surface area contributed by atoms with Gasteiger partial charge in [0.25, 0.3) is 0 Å². The van der Waals surface area contributed by atoms with Gasteiger partial charge in [-0.3, -0.25) is 9.36 Å². The Labute approximate surface area is 160 Å². The van der Waals surface area contributed by atoms with E-state index >= 15 is 0 Å². The van der Waals surface area contributed by atoms with Crippen molar-refractivity contribution < 1.29 is 23.1 Å². The Morgan fingerprint density at radius 3 is 2.57 bits per heavy atom. The van der Waals surface area contributed by atoms with E-state index in [1.54, 1.807) is 18.2 Å². The van der Waals surface area contributed by atoms with E-state index in [-0.39, 0.29) is 24.8 Å². The van der Waals surface area contributed by atoms with Crippen molar-refractivity contribution in [3.05, 3.63) is 70.6 Å². The van der Waals surface area contributed by atoms with E-state index in [1.165, 1.54) is 44.7 Å². The molecule has 0 saturated heterocycles. The molecule has 1 N–H and O–H groups in total. The molecule has 1 amide bonds. The van der Waals surface area contributed by atoms with E-state index in [0.29, 0.717) is 17.1 Å². The van der Waals surface area contributed by atoms with E-state index in [2.05, 4.69) is 5.32 Å². The van der Waals surface area contributed by atoms with E-state index in [1.807, 2.05) is 0 Å². The summed E-state index contributed by atoms with van der Waals surface area (Å²) in [7, 11) is 3.05. The van der Waals surface area contributed by atoms with Gasteiger partial charge in [-0.05, 0) is 30.3 Å². The van der Waals surface area contributed by atoms with Crippen molar-refractivity contribution in [3.63, 3.8) is 0 Å². The largest absolute Gasteiger partial charge is 0.493 e. The molecule has 0 fully saturated rings. The number of ether oxygens (including phenoxy) is 2. The number of aromatic nitrogens is 1. The van der Waals surface area contributed by atoms with Gasteiger partial charge >= 0.3 is 5.76 Å². The summed E-state index contributed by atoms with van der Waals surface area (Å²) in [4.78, 5) is 24.2. The summed E-state index contributed by atoms with van der Waals surface area (Å²) in [6.45, 7) is -0.00750. The average Bonchev–Trinajstić information content (AvgIpc) is 3.06. The zero-order valence-corrected chi connectivity index (χ0v) is 15.4. The smallest absolute Gasteiger partial charge is 0.419 e. The van der Waals surface area contributed by atoms with Crippen LogP contribution >= 0.6 is 0 Å². The number of halogens is 1. The van der Waals surface area contributed by atoms with Gasteiger partial charge in [-0.2, -0.15) is 0 Å². The summed E-state index contributed by atoms with van der Waals surface area (Å²) >= 11 is 0. The number of para-hydroxylation sites is 1. The lowest BCUT2D eigenvalue weighted by molar-refractivity contribution is -0.121. The van der Waals surface area contributed by atoms with E-state index < -0.39 is 11.6 Å². The van der Waals surface area contributed by atoms with Gasteiger partial charge in [0.1, 0.15) is 12.4 Å². The van der Waals surface area contributed by atoms with Crippen molar-refractivity contribution in [1.29, 1.82) is 0 Å². The second-order valence-corrected chi connectivity index (χ2v) is 5.93. The first-order valence-electron chi connectivity index (χ1n) is 8.44. The van der Waals surface area contributed by atoms with E-state index in [4.69, 9.17) is 13.9 Å². The molecule has 1 heterocycles. The normalized spacial score (nSPS) is 10.5. The Hall–Kier alpha value is -3.55. The molecule has 0 spiro atoms. The third kappa shape index (κ3) is 4.22. The molecule has 0 radical (unpaired) electrons. The number of benzene rings is 2. The molecule has 3 aromatic rings. The Balaban J connectivity index is 1.68. The minimum absolute atomic E-state index is 0.205. The minimum atomic E-state index is -0.673. The molecule has 0 atom stereocenters. The van der Waals surface area contributed by atoms with Crippen LogP contribution in [-0.4, -0.2) is 24.7 Å². The first-order chi connectivity index (χ1) is 13.5. The fraction of sp³-hybridized carbons (Fsp3) is 0.200. The molecule has 2 aromatic carbocycles. The maximum absolute atomic E-state index is 13.0. The van der Waals surface area contributed by atoms with E-state index in [0.717, 1.165) is 10.1 Å². The fourth-order valence-electron chi connectivity index (χ4n) is 2.73. The second kappa shape index (κ2) is 8.43. The van der Waals surface area contributed by atoms with Crippen molar-refractivity contribution in [2.24, 2.45) is 0 Å². The molecule has 8 heteroatoms. The molecule has 28 heavy (non-hydrogen) atoms. The lowest BCUT2D eigenvalue weighted by Gasteiger charge is -2.13. The highest BCUT2D eigenvalue weighted by Gasteiger charge is 2.13. The highest BCUT2D eigenvalue weighted by molar-refractivity contribution is 5.76. The fourth-order valence-corrected chi connectivity index (χ4v) is 2.73. The number of nitrogens with zero attached hydrogens (tertiary/aromatic N) is 1. The quantitative estimate of drug-likeness (QED) is 0.675. The van der Waals surface area contributed by atoms with Gasteiger partial charge in [-0.15, -0.1) is 0 Å². The van der Waals surface area contributed by atoms with Crippen LogP contribution in [0.25, 0.3) is 11.3 Å². The number of oxazole rings is 1. The lowest BCUT2D eigenvalue weighted by Crippen LogP contribution is -2.30. The van der Waals surface area contributed by atoms with Gasteiger partial charge < -0.3 is 19.2 Å². The van der Waals surface area contributed by atoms with Crippen LogP contribution < -0.4 is 20.5 Å². The van der Waals surface area contributed by atoms with Crippen LogP contribution in [0, 0.1) is 5.82 Å². The van der Waals surface area contributed by atoms with Crippen LogP contribution in [-0.2, 0) is 17.9 Å². The molecule has 0 aliphatic carbocycles. The van der Waals surface area contributed by atoms with Gasteiger partial charge in [0.05, 0.1) is 20.4 Å². The number of carbonyl (C=O) groups is 1. The zero-order valence-electron chi connectivity index (χ0n) is 15.4. The molecule has 0 bridgehead atoms. The third-order valence-electron chi connectivity index (χ3n) is 4.11. The maximum atomic E-state index is 13.0. The summed E-state index contributed by atoms with van der Waals surface area (Å²) in [6.07, 6.45) is 1.42. The highest BCUT2D eigenvalue weighted by Crippen LogP contribution is 2.30. The van der Waals surface area contributed by atoms with E-state index in [9.17, 15) is 14.0 Å². The van der Waals surface area contributed by atoms with Gasteiger partial charge in [0.15, 0.2) is 17.3 Å². The minimum Gasteiger partial charge on any atom is -0.493 e. The van der Waals surface area contributed by atoms with Gasteiger partial charge in [-0.1, -0.05) is 12.1 Å². The number of carbonyl (C=O) groups excluding carboxylic acids is 1. The van der Waals surface area contributed by atoms with Crippen molar-refractivity contribution >= 4 is 5.91 Å². The van der Waals surface area contributed by atoms with Crippen LogP contribution in [0.5, 0.6) is 11.5 Å². The standard InChI is InChI=1S/C20H19FN2O5/c1-26-16-5-3-4-14(19(16)27-2)10-22-18(24)12-23-11-17(28-20(23)25)13-6-8-15(21)9-7-13/h3-9,11H,10,12H2,1-2H3,(H,22,24). The first-order valence-corrected chi connectivity index (χ1v) is 8.44. The number of nitrogens with one attached hydrogen (secondary N) is 1. The molecular formula is C20H19FN2O5. The van der Waals surface area contributed by atoms with Crippen LogP contribution in [0.1, 0.15) is 5.56 Å². The Kier molecular flexibility index (Phi) is 5.78. The zero-order chi connectivity index (χ0) is 20.1. The molecule has 3 rings (SSSR count). The van der Waals surface area contributed by atoms with Crippen molar-refractivity contribution in [1.82, 2.24) is 9.88 Å². The summed E-state index contributed by atoms with van der Waals surface area (Å²) in [5.74, 6) is -0.0920. The van der Waals surface area contributed by atoms with Gasteiger partial charge in [0, 0.05) is 17.7 Å². The maximum Gasteiger partial charge on any atom is 0.419 e. The summed E-state index contributed by atoms with van der Waals surface area (Å²) in [5.41, 5.74) is 1.28. The average molecular weight is 386 g/mol. The molecule has 7 nitrogen and oxygen atoms in total. The molecule has 146 valence electrons. The predicted octanol–water partition coefficient (Wildman–Crippen LogP) is 2.58. The van der Waals surface area contributed by atoms with Crippen LogP contribution in [0.2, 0.25) is 0 Å². The van der Waals surface area contributed by atoms with Gasteiger partial charge in [0.2, 0.25) is 5.91 Å². The Bertz CT molecular complexity index is 1020. The molecule has 0 aliphatic rings. The molecule has 0 saturated carbocycles. The summed E-state index contributed by atoms with van der Waals surface area (Å²) in [6, 6.07) is 10.9. The topological polar surface area (TPSA) is 82.7 Å². The molecule has 0 unspecified atom stereocenters. The first kappa shape index (κ1) is 19.2. The van der Waals surface area contributed by atoms with Crippen LogP contribution in [0.3, 0.4) is 0 Å². The number of methoxy groups -OCH3 is 2. The molecular weight excluding hydrogens is 367 g/mol. The summed E-state index contributed by atoms with van der Waals surface area (Å²) < 4.78 is 29.9. The van der Waals surface area contributed by atoms with Crippen LogP contribution in [0.4, 0.5) is 4.39 Å². The van der Waals surface area contributed by atoms with Crippen molar-refractivity contribution in [3.8, 4) is 22.8 Å². The molecule has 0 aliphatic heterocycles. The third-order valence-corrected chi connectivity index (χ3v) is 4.11. The van der Waals surface area contributed by atoms with Crippen LogP contribution in [0.15, 0.2) is 57.9 Å². The van der Waals surface area contributed by atoms with Gasteiger partial charge in [-0.25, -0.2) is 9.18 Å². The number of hydrogen-bond donors (Lipinski definition) is 1. The second-order valence-electron chi connectivity index (χ2n) is 5.93. The number of hydrogen-bond acceptors (Lipinski definition) is 5. The summed E-state index contributed by atoms with van der Waals surface area (Å²) in [5, 5.41) is 2.73. The Morgan fingerprint density at radius 2 is 1.89 bits per heavy atom. The SMILES string of the molecule is COc1cccc(CNC(=O)Cn2cc(-c3ccc(F)cc3)oc2=O)c1OC. The highest BCUT2D eigenvalue weighted by atomic mass is 19.1. The van der Waals surface area contributed by atoms with Crippen molar-refractivity contribution in [2.75, 3.05) is 14.2 Å². The predicted molar refractivity (Wildman–Crippen MR) is 99.8 cm³/mol. The lowest BCUT2D eigenvalue weighted by atomic mass is 10.2. The van der Waals surface area contributed by atoms with Crippen molar-refractivity contribution in [2.45, 2.75) is 13.1 Å². The number of amides is 1. The molecule has 1 aromatic heterocycles. The monoisotopic (exact) mass is 386 g/mol.